The first-order valence-corrected chi connectivity index (χ1v) is 6.65. The Labute approximate surface area is 101 Å². The van der Waals surface area contributed by atoms with Gasteiger partial charge < -0.3 is 10.1 Å². The van der Waals surface area contributed by atoms with E-state index in [0.717, 1.165) is 19.7 Å². The smallest absolute Gasteiger partial charge is 0.0618 e. The summed E-state index contributed by atoms with van der Waals surface area (Å²) >= 11 is 0. The van der Waals surface area contributed by atoms with Crippen LogP contribution >= 0.6 is 0 Å². The lowest BCUT2D eigenvalue weighted by Crippen LogP contribution is -2.56. The molecule has 1 rings (SSSR count). The maximum atomic E-state index is 5.34. The van der Waals surface area contributed by atoms with E-state index in [1.807, 2.05) is 7.11 Å². The summed E-state index contributed by atoms with van der Waals surface area (Å²) in [5, 5.41) is 3.61. The summed E-state index contributed by atoms with van der Waals surface area (Å²) in [5.41, 5.74) is 0. The van der Waals surface area contributed by atoms with E-state index < -0.39 is 0 Å². The van der Waals surface area contributed by atoms with Crippen LogP contribution in [0, 0.1) is 5.92 Å². The molecule has 0 bridgehead atoms. The van der Waals surface area contributed by atoms with Gasteiger partial charge in [0.05, 0.1) is 6.61 Å². The van der Waals surface area contributed by atoms with Crippen LogP contribution in [0.5, 0.6) is 0 Å². The standard InChI is InChI=1S/C13H28N2O/c1-5-6-12(10-16-4)15-8-7-14-13(9-15)11(2)3/h11-14H,5-10H2,1-4H3. The van der Waals surface area contributed by atoms with Crippen molar-refractivity contribution in [1.82, 2.24) is 10.2 Å². The quantitative estimate of drug-likeness (QED) is 0.749. The predicted octanol–water partition coefficient (Wildman–Crippen LogP) is 1.73. The summed E-state index contributed by atoms with van der Waals surface area (Å²) in [4.78, 5) is 2.61. The van der Waals surface area contributed by atoms with E-state index in [9.17, 15) is 0 Å². The molecular formula is C13H28N2O. The summed E-state index contributed by atoms with van der Waals surface area (Å²) in [6, 6.07) is 1.25. The Morgan fingerprint density at radius 2 is 2.19 bits per heavy atom. The van der Waals surface area contributed by atoms with Crippen molar-refractivity contribution in [3.05, 3.63) is 0 Å². The van der Waals surface area contributed by atoms with Crippen molar-refractivity contribution in [1.29, 1.82) is 0 Å². The molecule has 0 radical (unpaired) electrons. The topological polar surface area (TPSA) is 24.5 Å². The Morgan fingerprint density at radius 1 is 1.44 bits per heavy atom. The molecule has 1 saturated heterocycles. The van der Waals surface area contributed by atoms with Crippen molar-refractivity contribution in [2.75, 3.05) is 33.4 Å². The zero-order valence-corrected chi connectivity index (χ0v) is 11.3. The predicted molar refractivity (Wildman–Crippen MR) is 68.8 cm³/mol. The van der Waals surface area contributed by atoms with Gasteiger partial charge in [-0.05, 0) is 12.3 Å². The molecule has 1 aliphatic heterocycles. The normalized spacial score (nSPS) is 24.9. The van der Waals surface area contributed by atoms with E-state index in [1.54, 1.807) is 0 Å². The Bertz CT molecular complexity index is 179. The third kappa shape index (κ3) is 4.04. The third-order valence-electron chi connectivity index (χ3n) is 3.54. The second kappa shape index (κ2) is 7.25. The highest BCUT2D eigenvalue weighted by Crippen LogP contribution is 2.14. The fourth-order valence-corrected chi connectivity index (χ4v) is 2.48. The van der Waals surface area contributed by atoms with Crippen LogP contribution in [0.25, 0.3) is 0 Å². The molecule has 0 aliphatic carbocycles. The van der Waals surface area contributed by atoms with Gasteiger partial charge in [-0.1, -0.05) is 27.2 Å². The number of ether oxygens (including phenoxy) is 1. The lowest BCUT2D eigenvalue weighted by molar-refractivity contribution is 0.0581. The van der Waals surface area contributed by atoms with Gasteiger partial charge in [-0.25, -0.2) is 0 Å². The molecule has 0 spiro atoms. The Morgan fingerprint density at radius 3 is 2.75 bits per heavy atom. The number of hydrogen-bond donors (Lipinski definition) is 1. The van der Waals surface area contributed by atoms with Crippen molar-refractivity contribution in [2.45, 2.75) is 45.7 Å². The SMILES string of the molecule is CCCC(COC)N1CCNC(C(C)C)C1. The van der Waals surface area contributed by atoms with Crippen molar-refractivity contribution < 1.29 is 4.74 Å². The Balaban J connectivity index is 2.48. The summed E-state index contributed by atoms with van der Waals surface area (Å²) < 4.78 is 5.34. The second-order valence-electron chi connectivity index (χ2n) is 5.20. The highest BCUT2D eigenvalue weighted by molar-refractivity contribution is 4.84. The molecule has 1 N–H and O–H groups in total. The first-order chi connectivity index (χ1) is 7.69. The van der Waals surface area contributed by atoms with Gasteiger partial charge >= 0.3 is 0 Å². The minimum atomic E-state index is 0.610. The van der Waals surface area contributed by atoms with E-state index in [4.69, 9.17) is 4.74 Å². The molecule has 1 aliphatic rings. The third-order valence-corrected chi connectivity index (χ3v) is 3.54. The second-order valence-corrected chi connectivity index (χ2v) is 5.20. The molecule has 2 unspecified atom stereocenters. The number of nitrogens with one attached hydrogen (secondary N) is 1. The monoisotopic (exact) mass is 228 g/mol. The molecule has 16 heavy (non-hydrogen) atoms. The highest BCUT2D eigenvalue weighted by atomic mass is 16.5. The van der Waals surface area contributed by atoms with Gasteiger partial charge in [0.25, 0.3) is 0 Å². The van der Waals surface area contributed by atoms with E-state index >= 15 is 0 Å². The fraction of sp³-hybridized carbons (Fsp3) is 1.00. The minimum absolute atomic E-state index is 0.610. The molecule has 0 aromatic heterocycles. The summed E-state index contributed by atoms with van der Waals surface area (Å²) in [6.45, 7) is 11.2. The number of nitrogens with zero attached hydrogens (tertiary/aromatic N) is 1. The van der Waals surface area contributed by atoms with Crippen LogP contribution in [0.3, 0.4) is 0 Å². The van der Waals surface area contributed by atoms with Gasteiger partial charge in [0.15, 0.2) is 0 Å². The molecule has 2 atom stereocenters. The van der Waals surface area contributed by atoms with E-state index in [0.29, 0.717) is 18.0 Å². The van der Waals surface area contributed by atoms with Gasteiger partial charge in [-0.2, -0.15) is 0 Å². The maximum absolute atomic E-state index is 5.34. The fourth-order valence-electron chi connectivity index (χ4n) is 2.48. The van der Waals surface area contributed by atoms with Gasteiger partial charge in [0.1, 0.15) is 0 Å². The molecule has 0 saturated carbocycles. The molecule has 1 fully saturated rings. The van der Waals surface area contributed by atoms with Crippen molar-refractivity contribution in [3.63, 3.8) is 0 Å². The zero-order chi connectivity index (χ0) is 12.0. The largest absolute Gasteiger partial charge is 0.383 e. The molecule has 96 valence electrons. The van der Waals surface area contributed by atoms with Crippen molar-refractivity contribution >= 4 is 0 Å². The first kappa shape index (κ1) is 13.9. The highest BCUT2D eigenvalue weighted by Gasteiger charge is 2.26. The minimum Gasteiger partial charge on any atom is -0.383 e. The van der Waals surface area contributed by atoms with Crippen LogP contribution in [-0.4, -0.2) is 50.3 Å². The van der Waals surface area contributed by atoms with Crippen molar-refractivity contribution in [3.8, 4) is 0 Å². The average molecular weight is 228 g/mol. The molecule has 0 aromatic carbocycles. The summed E-state index contributed by atoms with van der Waals surface area (Å²) in [5.74, 6) is 0.715. The van der Waals surface area contributed by atoms with Crippen LogP contribution < -0.4 is 5.32 Å². The number of methoxy groups -OCH3 is 1. The molecule has 0 aromatic rings. The molecular weight excluding hydrogens is 200 g/mol. The molecule has 0 amide bonds. The Kier molecular flexibility index (Phi) is 6.32. The van der Waals surface area contributed by atoms with Crippen LogP contribution in [0.1, 0.15) is 33.6 Å². The molecule has 3 heteroatoms. The van der Waals surface area contributed by atoms with Crippen LogP contribution in [0.2, 0.25) is 0 Å². The first-order valence-electron chi connectivity index (χ1n) is 6.65. The number of rotatable bonds is 6. The Hall–Kier alpha value is -0.120. The van der Waals surface area contributed by atoms with E-state index in [1.165, 1.54) is 19.4 Å². The number of hydrogen-bond acceptors (Lipinski definition) is 3. The zero-order valence-electron chi connectivity index (χ0n) is 11.3. The van der Waals surface area contributed by atoms with Crippen LogP contribution in [0.15, 0.2) is 0 Å². The summed E-state index contributed by atoms with van der Waals surface area (Å²) in [7, 11) is 1.81. The average Bonchev–Trinajstić information content (AvgIpc) is 2.29. The molecule has 3 nitrogen and oxygen atoms in total. The lowest BCUT2D eigenvalue weighted by Gasteiger charge is -2.40. The van der Waals surface area contributed by atoms with Gasteiger partial charge in [0.2, 0.25) is 0 Å². The van der Waals surface area contributed by atoms with E-state index in [-0.39, 0.29) is 0 Å². The van der Waals surface area contributed by atoms with Crippen LogP contribution in [0.4, 0.5) is 0 Å². The number of piperazine rings is 1. The van der Waals surface area contributed by atoms with Crippen LogP contribution in [-0.2, 0) is 4.74 Å². The van der Waals surface area contributed by atoms with Gasteiger partial charge in [-0.15, -0.1) is 0 Å². The molecule has 1 heterocycles. The van der Waals surface area contributed by atoms with E-state index in [2.05, 4.69) is 31.0 Å². The summed E-state index contributed by atoms with van der Waals surface area (Å²) in [6.07, 6.45) is 2.49. The maximum Gasteiger partial charge on any atom is 0.0618 e. The lowest BCUT2D eigenvalue weighted by atomic mass is 10.00. The van der Waals surface area contributed by atoms with Crippen molar-refractivity contribution in [2.24, 2.45) is 5.92 Å². The van der Waals surface area contributed by atoms with Gasteiger partial charge in [0, 0.05) is 38.8 Å². The van der Waals surface area contributed by atoms with Gasteiger partial charge in [-0.3, -0.25) is 4.90 Å².